The highest BCUT2D eigenvalue weighted by Crippen LogP contribution is 2.27. The van der Waals surface area contributed by atoms with Gasteiger partial charge < -0.3 is 10.1 Å². The number of aromatic amines is 1. The van der Waals surface area contributed by atoms with Crippen LogP contribution in [0.1, 0.15) is 11.1 Å². The summed E-state index contributed by atoms with van der Waals surface area (Å²) >= 11 is 1.71. The van der Waals surface area contributed by atoms with Gasteiger partial charge in [-0.05, 0) is 34.0 Å². The minimum atomic E-state index is 0.314. The molecule has 1 aromatic carbocycles. The number of phenolic OH excluding ortho intramolecular Hbond substituents is 1. The number of hydrogen-bond acceptors (Lipinski definition) is 2. The molecule has 2 nitrogen and oxygen atoms in total. The van der Waals surface area contributed by atoms with Crippen molar-refractivity contribution in [3.05, 3.63) is 52.3 Å². The summed E-state index contributed by atoms with van der Waals surface area (Å²) in [6, 6.07) is 7.75. The molecule has 0 aliphatic rings. The molecule has 3 heteroatoms. The Morgan fingerprint density at radius 1 is 1.25 bits per heavy atom. The summed E-state index contributed by atoms with van der Waals surface area (Å²) in [4.78, 5) is 3.12. The van der Waals surface area contributed by atoms with E-state index in [0.29, 0.717) is 5.75 Å². The van der Waals surface area contributed by atoms with E-state index in [2.05, 4.69) is 21.8 Å². The quantitative estimate of drug-likeness (QED) is 0.693. The lowest BCUT2D eigenvalue weighted by Gasteiger charge is -1.97. The molecular weight excluding hydrogens is 218 g/mol. The Bertz CT molecular complexity index is 610. The predicted octanol–water partition coefficient (Wildman–Crippen LogP) is 3.53. The fourth-order valence-corrected chi connectivity index (χ4v) is 2.62. The normalized spacial score (nSPS) is 11.0. The maximum atomic E-state index is 9.68. The predicted molar refractivity (Wildman–Crippen MR) is 67.1 cm³/mol. The molecule has 16 heavy (non-hydrogen) atoms. The highest BCUT2D eigenvalue weighted by molar-refractivity contribution is 7.07. The number of aromatic hydroxyl groups is 1. The molecule has 0 spiro atoms. The number of hydrogen-bond donors (Lipinski definition) is 2. The molecular formula is C13H11NOS. The standard InChI is InChI=1S/C13H11NOS/c15-12-3-1-2-11-10(7-14-13(11)12)6-9-4-5-16-8-9/h1-5,7-8,14-15H,6H2. The first-order chi connectivity index (χ1) is 7.84. The third-order valence-electron chi connectivity index (χ3n) is 2.75. The third kappa shape index (κ3) is 1.49. The first-order valence-electron chi connectivity index (χ1n) is 5.13. The van der Waals surface area contributed by atoms with Crippen LogP contribution in [-0.2, 0) is 6.42 Å². The summed E-state index contributed by atoms with van der Waals surface area (Å²) in [6.07, 6.45) is 2.88. The summed E-state index contributed by atoms with van der Waals surface area (Å²) in [7, 11) is 0. The van der Waals surface area contributed by atoms with E-state index < -0.39 is 0 Å². The van der Waals surface area contributed by atoms with Crippen molar-refractivity contribution in [3.8, 4) is 5.75 Å². The molecule has 3 aromatic rings. The summed E-state index contributed by atoms with van der Waals surface area (Å²) in [5, 5.41) is 15.0. The fraction of sp³-hybridized carbons (Fsp3) is 0.0769. The summed E-state index contributed by atoms with van der Waals surface area (Å²) < 4.78 is 0. The van der Waals surface area contributed by atoms with Crippen LogP contribution in [-0.4, -0.2) is 10.1 Å². The zero-order valence-corrected chi connectivity index (χ0v) is 9.42. The van der Waals surface area contributed by atoms with Crippen molar-refractivity contribution >= 4 is 22.2 Å². The largest absolute Gasteiger partial charge is 0.506 e. The highest BCUT2D eigenvalue weighted by atomic mass is 32.1. The minimum Gasteiger partial charge on any atom is -0.506 e. The van der Waals surface area contributed by atoms with Crippen LogP contribution in [0.15, 0.2) is 41.2 Å². The molecule has 3 rings (SSSR count). The third-order valence-corrected chi connectivity index (χ3v) is 3.49. The average molecular weight is 229 g/mol. The molecule has 0 fully saturated rings. The first kappa shape index (κ1) is 9.48. The fourth-order valence-electron chi connectivity index (χ4n) is 1.96. The molecule has 0 aliphatic carbocycles. The van der Waals surface area contributed by atoms with Gasteiger partial charge in [-0.15, -0.1) is 0 Å². The number of aromatic nitrogens is 1. The lowest BCUT2D eigenvalue weighted by atomic mass is 10.1. The van der Waals surface area contributed by atoms with Crippen LogP contribution in [0.25, 0.3) is 10.9 Å². The van der Waals surface area contributed by atoms with Crippen molar-refractivity contribution in [1.82, 2.24) is 4.98 Å². The maximum absolute atomic E-state index is 9.68. The Morgan fingerprint density at radius 2 is 2.19 bits per heavy atom. The number of phenols is 1. The van der Waals surface area contributed by atoms with Crippen molar-refractivity contribution in [2.24, 2.45) is 0 Å². The van der Waals surface area contributed by atoms with Gasteiger partial charge in [-0.2, -0.15) is 11.3 Å². The van der Waals surface area contributed by atoms with E-state index in [4.69, 9.17) is 0 Å². The monoisotopic (exact) mass is 229 g/mol. The average Bonchev–Trinajstić information content (AvgIpc) is 2.90. The molecule has 0 saturated carbocycles. The van der Waals surface area contributed by atoms with Gasteiger partial charge in [0.05, 0.1) is 5.52 Å². The van der Waals surface area contributed by atoms with Crippen LogP contribution < -0.4 is 0 Å². The lowest BCUT2D eigenvalue weighted by Crippen LogP contribution is -1.82. The SMILES string of the molecule is Oc1cccc2c(Cc3ccsc3)c[nH]c12. The molecule has 2 heterocycles. The van der Waals surface area contributed by atoms with Gasteiger partial charge in [-0.1, -0.05) is 12.1 Å². The van der Waals surface area contributed by atoms with Gasteiger partial charge in [0.2, 0.25) is 0 Å². The van der Waals surface area contributed by atoms with Gasteiger partial charge in [0, 0.05) is 18.0 Å². The molecule has 2 aromatic heterocycles. The highest BCUT2D eigenvalue weighted by Gasteiger charge is 2.07. The van der Waals surface area contributed by atoms with E-state index in [0.717, 1.165) is 17.3 Å². The molecule has 0 saturated heterocycles. The van der Waals surface area contributed by atoms with Gasteiger partial charge in [-0.3, -0.25) is 0 Å². The minimum absolute atomic E-state index is 0.314. The molecule has 0 amide bonds. The van der Waals surface area contributed by atoms with Crippen molar-refractivity contribution in [2.45, 2.75) is 6.42 Å². The molecule has 0 atom stereocenters. The zero-order chi connectivity index (χ0) is 11.0. The van der Waals surface area contributed by atoms with E-state index >= 15 is 0 Å². The smallest absolute Gasteiger partial charge is 0.139 e. The van der Waals surface area contributed by atoms with Crippen LogP contribution in [0, 0.1) is 0 Å². The van der Waals surface area contributed by atoms with Crippen molar-refractivity contribution in [3.63, 3.8) is 0 Å². The van der Waals surface area contributed by atoms with Crippen LogP contribution in [0.2, 0.25) is 0 Å². The van der Waals surface area contributed by atoms with Gasteiger partial charge in [-0.25, -0.2) is 0 Å². The molecule has 0 radical (unpaired) electrons. The molecule has 2 N–H and O–H groups in total. The summed E-state index contributed by atoms with van der Waals surface area (Å²) in [5.74, 6) is 0.314. The van der Waals surface area contributed by atoms with Crippen molar-refractivity contribution in [1.29, 1.82) is 0 Å². The second-order valence-corrected chi connectivity index (χ2v) is 4.60. The summed E-state index contributed by atoms with van der Waals surface area (Å²) in [5.41, 5.74) is 3.37. The maximum Gasteiger partial charge on any atom is 0.139 e. The number of fused-ring (bicyclic) bond motifs is 1. The van der Waals surface area contributed by atoms with Crippen LogP contribution in [0.3, 0.4) is 0 Å². The molecule has 0 aliphatic heterocycles. The van der Waals surface area contributed by atoms with Crippen molar-refractivity contribution < 1.29 is 5.11 Å². The van der Waals surface area contributed by atoms with Crippen LogP contribution >= 0.6 is 11.3 Å². The van der Waals surface area contributed by atoms with Gasteiger partial charge in [0.1, 0.15) is 5.75 Å². The number of rotatable bonds is 2. The van der Waals surface area contributed by atoms with E-state index in [9.17, 15) is 5.11 Å². The Labute approximate surface area is 97.2 Å². The number of nitrogens with one attached hydrogen (secondary N) is 1. The van der Waals surface area contributed by atoms with Crippen molar-refractivity contribution in [2.75, 3.05) is 0 Å². The van der Waals surface area contributed by atoms with E-state index in [1.165, 1.54) is 11.1 Å². The number of thiophene rings is 1. The number of benzene rings is 1. The Balaban J connectivity index is 2.08. The molecule has 0 bridgehead atoms. The van der Waals surface area contributed by atoms with E-state index in [1.54, 1.807) is 17.4 Å². The van der Waals surface area contributed by atoms with E-state index in [-0.39, 0.29) is 0 Å². The molecule has 80 valence electrons. The number of para-hydroxylation sites is 1. The Morgan fingerprint density at radius 3 is 3.00 bits per heavy atom. The second-order valence-electron chi connectivity index (χ2n) is 3.82. The number of H-pyrrole nitrogens is 1. The topological polar surface area (TPSA) is 36.0 Å². The Hall–Kier alpha value is -1.74. The van der Waals surface area contributed by atoms with Crippen LogP contribution in [0.5, 0.6) is 5.75 Å². The van der Waals surface area contributed by atoms with E-state index in [1.807, 2.05) is 18.3 Å². The zero-order valence-electron chi connectivity index (χ0n) is 8.60. The van der Waals surface area contributed by atoms with Gasteiger partial charge in [0.25, 0.3) is 0 Å². The lowest BCUT2D eigenvalue weighted by molar-refractivity contribution is 0.480. The van der Waals surface area contributed by atoms with Gasteiger partial charge in [0.15, 0.2) is 0 Å². The summed E-state index contributed by atoms with van der Waals surface area (Å²) in [6.45, 7) is 0. The second kappa shape index (κ2) is 3.68. The molecule has 0 unspecified atom stereocenters. The Kier molecular flexibility index (Phi) is 2.18. The van der Waals surface area contributed by atoms with Gasteiger partial charge >= 0.3 is 0 Å². The van der Waals surface area contributed by atoms with Crippen LogP contribution in [0.4, 0.5) is 0 Å². The first-order valence-corrected chi connectivity index (χ1v) is 6.08.